The van der Waals surface area contributed by atoms with Crippen LogP contribution in [-0.4, -0.2) is 32.4 Å². The van der Waals surface area contributed by atoms with E-state index in [2.05, 4.69) is 0 Å². The van der Waals surface area contributed by atoms with Crippen LogP contribution in [0.15, 0.2) is 60.7 Å². The summed E-state index contributed by atoms with van der Waals surface area (Å²) >= 11 is 0. The van der Waals surface area contributed by atoms with Gasteiger partial charge in [-0.05, 0) is 96.0 Å². The summed E-state index contributed by atoms with van der Waals surface area (Å²) in [6, 6.07) is 17.1. The van der Waals surface area contributed by atoms with Crippen LogP contribution in [0.2, 0.25) is 0 Å². The number of halogens is 4. The van der Waals surface area contributed by atoms with Gasteiger partial charge in [-0.3, -0.25) is 4.79 Å². The second kappa shape index (κ2) is 13.4. The minimum Gasteiger partial charge on any atom is -0.497 e. The van der Waals surface area contributed by atoms with Gasteiger partial charge in [-0.1, -0.05) is 51.1 Å². The highest BCUT2D eigenvalue weighted by Gasteiger charge is 2.35. The normalized spacial score (nSPS) is 14.3. The van der Waals surface area contributed by atoms with Crippen molar-refractivity contribution in [2.24, 2.45) is 11.3 Å². The summed E-state index contributed by atoms with van der Waals surface area (Å²) in [5.74, 6) is 0.150. The first-order chi connectivity index (χ1) is 20.3. The molecule has 4 nitrogen and oxygen atoms in total. The van der Waals surface area contributed by atoms with Crippen molar-refractivity contribution in [3.05, 3.63) is 83.2 Å². The Morgan fingerprint density at radius 1 is 1.00 bits per heavy atom. The molecule has 0 heterocycles. The number of rotatable bonds is 12. The summed E-state index contributed by atoms with van der Waals surface area (Å²) in [5.41, 5.74) is 3.57. The summed E-state index contributed by atoms with van der Waals surface area (Å²) in [5, 5.41) is 0. The summed E-state index contributed by atoms with van der Waals surface area (Å²) in [6.45, 7) is 7.07. The third-order valence-corrected chi connectivity index (χ3v) is 7.64. The van der Waals surface area contributed by atoms with Crippen molar-refractivity contribution >= 4 is 11.7 Å². The largest absolute Gasteiger partial charge is 0.497 e. The first kappa shape index (κ1) is 32.4. The average Bonchev–Trinajstić information content (AvgIpc) is 3.76. The van der Waals surface area contributed by atoms with Crippen LogP contribution in [0.5, 0.6) is 5.75 Å². The zero-order valence-electron chi connectivity index (χ0n) is 25.6. The quantitative estimate of drug-likeness (QED) is 0.154. The second-order valence-electron chi connectivity index (χ2n) is 12.6. The number of carbonyl (C=O) groups is 1. The van der Waals surface area contributed by atoms with Gasteiger partial charge in [0.05, 0.1) is 20.1 Å². The Kier molecular flexibility index (Phi) is 10.1. The molecule has 0 spiro atoms. The van der Waals surface area contributed by atoms with Crippen molar-refractivity contribution in [2.45, 2.75) is 72.0 Å². The molecule has 0 aromatic heterocycles. The van der Waals surface area contributed by atoms with Crippen LogP contribution in [0.25, 0.3) is 11.1 Å². The van der Waals surface area contributed by atoms with Crippen LogP contribution in [-0.2, 0) is 22.5 Å². The Bertz CT molecular complexity index is 1410. The van der Waals surface area contributed by atoms with Crippen LogP contribution >= 0.6 is 0 Å². The smallest absolute Gasteiger partial charge is 0.405 e. The van der Waals surface area contributed by atoms with E-state index in [9.17, 15) is 18.0 Å². The highest BCUT2D eigenvalue weighted by atomic mass is 19.4. The van der Waals surface area contributed by atoms with Crippen LogP contribution in [0, 0.1) is 17.2 Å². The molecule has 232 valence electrons. The molecule has 0 N–H and O–H groups in total. The minimum atomic E-state index is -4.44. The van der Waals surface area contributed by atoms with Gasteiger partial charge in [0.25, 0.3) is 0 Å². The third-order valence-electron chi connectivity index (χ3n) is 7.64. The van der Waals surface area contributed by atoms with E-state index in [0.717, 1.165) is 29.5 Å². The number of hydrogen-bond acceptors (Lipinski definition) is 4. The number of carbonyl (C=O) groups excluding carboxylic acids is 1. The fourth-order valence-electron chi connectivity index (χ4n) is 5.65. The van der Waals surface area contributed by atoms with Crippen molar-refractivity contribution < 1.29 is 31.8 Å². The van der Waals surface area contributed by atoms with Gasteiger partial charge < -0.3 is 14.4 Å². The lowest BCUT2D eigenvalue weighted by Gasteiger charge is -2.29. The average molecular weight is 600 g/mol. The van der Waals surface area contributed by atoms with E-state index < -0.39 is 18.5 Å². The maximum atomic E-state index is 15.0. The molecule has 1 saturated carbocycles. The zero-order valence-corrected chi connectivity index (χ0v) is 25.6. The monoisotopic (exact) mass is 599 g/mol. The maximum absolute atomic E-state index is 15.0. The molecular formula is C35H41F4NO3. The molecule has 1 unspecified atom stereocenters. The van der Waals surface area contributed by atoms with Crippen LogP contribution in [0.1, 0.15) is 69.6 Å². The van der Waals surface area contributed by atoms with E-state index in [4.69, 9.17) is 9.47 Å². The summed E-state index contributed by atoms with van der Waals surface area (Å²) in [6.07, 6.45) is -1.62. The maximum Gasteiger partial charge on any atom is 0.405 e. The third kappa shape index (κ3) is 9.22. The molecule has 0 bridgehead atoms. The Labute approximate surface area is 252 Å². The van der Waals surface area contributed by atoms with Crippen molar-refractivity contribution in [3.8, 4) is 16.9 Å². The minimum absolute atomic E-state index is 0.0198. The van der Waals surface area contributed by atoms with Crippen LogP contribution in [0.4, 0.5) is 23.2 Å². The van der Waals surface area contributed by atoms with Crippen LogP contribution in [0.3, 0.4) is 0 Å². The summed E-state index contributed by atoms with van der Waals surface area (Å²) in [7, 11) is 1.50. The fourth-order valence-corrected chi connectivity index (χ4v) is 5.65. The molecular weight excluding hydrogens is 558 g/mol. The standard InChI is InChI=1S/C35H41F4NO3/c1-6-43-33(41)19-30(24-10-11-24)25-9-7-8-23(16-25)21-40(22-35(37,38)39)27-12-14-29(26(17-27)20-34(2,3)4)31-18-28(42-5)13-15-32(31)36/h7-9,12-18,24,30H,6,10-11,19-22H2,1-5H3. The van der Waals surface area contributed by atoms with E-state index in [-0.39, 0.29) is 30.3 Å². The summed E-state index contributed by atoms with van der Waals surface area (Å²) < 4.78 is 67.3. The van der Waals surface area contributed by atoms with Crippen molar-refractivity contribution in [2.75, 3.05) is 25.2 Å². The van der Waals surface area contributed by atoms with Crippen molar-refractivity contribution in [3.63, 3.8) is 0 Å². The van der Waals surface area contributed by atoms with Gasteiger partial charge in [0.1, 0.15) is 18.1 Å². The number of methoxy groups -OCH3 is 1. The lowest BCUT2D eigenvalue weighted by Crippen LogP contribution is -2.34. The predicted molar refractivity (Wildman–Crippen MR) is 162 cm³/mol. The topological polar surface area (TPSA) is 38.8 Å². The second-order valence-corrected chi connectivity index (χ2v) is 12.6. The lowest BCUT2D eigenvalue weighted by atomic mass is 9.84. The Morgan fingerprint density at radius 3 is 2.37 bits per heavy atom. The van der Waals surface area contributed by atoms with Gasteiger partial charge in [0.2, 0.25) is 0 Å². The zero-order chi connectivity index (χ0) is 31.4. The highest BCUT2D eigenvalue weighted by Crippen LogP contribution is 2.45. The van der Waals surface area contributed by atoms with Gasteiger partial charge in [-0.25, -0.2) is 4.39 Å². The molecule has 4 rings (SSSR count). The molecule has 3 aromatic rings. The van der Waals surface area contributed by atoms with E-state index in [1.165, 1.54) is 24.1 Å². The molecule has 43 heavy (non-hydrogen) atoms. The molecule has 0 saturated heterocycles. The molecule has 0 aliphatic heterocycles. The van der Waals surface area contributed by atoms with Gasteiger partial charge in [-0.15, -0.1) is 0 Å². The van der Waals surface area contributed by atoms with Gasteiger partial charge in [0.15, 0.2) is 0 Å². The molecule has 1 aliphatic rings. The number of benzene rings is 3. The van der Waals surface area contributed by atoms with Crippen molar-refractivity contribution in [1.29, 1.82) is 0 Å². The van der Waals surface area contributed by atoms with Gasteiger partial charge >= 0.3 is 12.1 Å². The number of esters is 1. The molecule has 8 heteroatoms. The fraction of sp³-hybridized carbons (Fsp3) is 0.457. The number of hydrogen-bond donors (Lipinski definition) is 0. The van der Waals surface area contributed by atoms with E-state index in [0.29, 0.717) is 41.5 Å². The molecule has 0 radical (unpaired) electrons. The molecule has 1 fully saturated rings. The highest BCUT2D eigenvalue weighted by molar-refractivity contribution is 5.73. The number of ether oxygens (including phenoxy) is 2. The Balaban J connectivity index is 1.71. The molecule has 1 atom stereocenters. The van der Waals surface area contributed by atoms with Crippen LogP contribution < -0.4 is 9.64 Å². The molecule has 3 aromatic carbocycles. The molecule has 0 amide bonds. The van der Waals surface area contributed by atoms with Gasteiger partial charge in [0, 0.05) is 17.8 Å². The Hall–Kier alpha value is -3.55. The first-order valence-corrected chi connectivity index (χ1v) is 14.8. The summed E-state index contributed by atoms with van der Waals surface area (Å²) in [4.78, 5) is 13.6. The van der Waals surface area contributed by atoms with Gasteiger partial charge in [-0.2, -0.15) is 13.2 Å². The predicted octanol–water partition coefficient (Wildman–Crippen LogP) is 9.11. The SMILES string of the molecule is CCOC(=O)CC(c1cccc(CN(CC(F)(F)F)c2ccc(-c3cc(OC)ccc3F)c(CC(C)(C)C)c2)c1)C1CC1. The Morgan fingerprint density at radius 2 is 1.74 bits per heavy atom. The lowest BCUT2D eigenvalue weighted by molar-refractivity contribution is -0.143. The number of alkyl halides is 3. The van der Waals surface area contributed by atoms with E-state index >= 15 is 4.39 Å². The van der Waals surface area contributed by atoms with E-state index in [1.807, 2.05) is 45.0 Å². The number of anilines is 1. The first-order valence-electron chi connectivity index (χ1n) is 14.8. The number of nitrogens with zero attached hydrogens (tertiary/aromatic N) is 1. The van der Waals surface area contributed by atoms with Crippen molar-refractivity contribution in [1.82, 2.24) is 0 Å². The van der Waals surface area contributed by atoms with E-state index in [1.54, 1.807) is 31.2 Å². The molecule has 1 aliphatic carbocycles.